The number of nitrogens with one attached hydrogen (secondary N) is 2. The molecule has 0 spiro atoms. The topological polar surface area (TPSA) is 65.7 Å². The summed E-state index contributed by atoms with van der Waals surface area (Å²) in [7, 11) is 1.80. The van der Waals surface area contributed by atoms with Gasteiger partial charge in [0, 0.05) is 37.1 Å². The average Bonchev–Trinajstić information content (AvgIpc) is 3.47. The molecule has 30 heavy (non-hydrogen) atoms. The first-order valence-corrected chi connectivity index (χ1v) is 11.4. The number of likely N-dealkylation sites (tertiary alicyclic amines) is 1. The van der Waals surface area contributed by atoms with E-state index < -0.39 is 0 Å². The average molecular weight is 424 g/mol. The van der Waals surface area contributed by atoms with Gasteiger partial charge in [0.05, 0.1) is 12.2 Å². The minimum absolute atomic E-state index is 0.575. The van der Waals surface area contributed by atoms with Crippen LogP contribution in [0.2, 0.25) is 0 Å². The summed E-state index contributed by atoms with van der Waals surface area (Å²) in [6.07, 6.45) is 4.21. The van der Waals surface area contributed by atoms with Gasteiger partial charge in [0.25, 0.3) is 0 Å². The van der Waals surface area contributed by atoms with Crippen molar-refractivity contribution in [3.8, 4) is 11.5 Å². The summed E-state index contributed by atoms with van der Waals surface area (Å²) < 4.78 is 5.61. The standard InChI is InChI=1S/C23H29N5OS/c1-24-23(26-14-20-17-29-22(27-20)19-8-3-2-4-9-19)25-13-18-7-5-11-28(15-18)16-21-10-6-12-30-21/h2-4,6,8-10,12,17-18H,5,7,11,13-16H2,1H3,(H2,24,25,26). The molecule has 0 amide bonds. The Morgan fingerprint density at radius 1 is 1.23 bits per heavy atom. The SMILES string of the molecule is CN=C(NCc1coc(-c2ccccc2)n1)NCC1CCCN(Cc2cccs2)C1. The molecule has 1 saturated heterocycles. The molecule has 1 unspecified atom stereocenters. The van der Waals surface area contributed by atoms with Crippen molar-refractivity contribution < 1.29 is 4.42 Å². The molecule has 4 rings (SSSR count). The molecule has 0 aliphatic carbocycles. The van der Waals surface area contributed by atoms with Crippen LogP contribution in [0, 0.1) is 5.92 Å². The molecule has 1 aliphatic heterocycles. The van der Waals surface area contributed by atoms with E-state index in [2.05, 4.69) is 43.0 Å². The number of benzene rings is 1. The van der Waals surface area contributed by atoms with E-state index in [0.29, 0.717) is 18.4 Å². The summed E-state index contributed by atoms with van der Waals surface area (Å²) >= 11 is 1.84. The number of rotatable bonds is 7. The van der Waals surface area contributed by atoms with Gasteiger partial charge in [-0.25, -0.2) is 4.98 Å². The first-order valence-electron chi connectivity index (χ1n) is 10.5. The summed E-state index contributed by atoms with van der Waals surface area (Å²) in [5, 5.41) is 8.98. The minimum atomic E-state index is 0.575. The largest absolute Gasteiger partial charge is 0.444 e. The van der Waals surface area contributed by atoms with Crippen LogP contribution >= 0.6 is 11.3 Å². The van der Waals surface area contributed by atoms with Crippen molar-refractivity contribution in [3.05, 3.63) is 64.7 Å². The van der Waals surface area contributed by atoms with Crippen molar-refractivity contribution in [3.63, 3.8) is 0 Å². The fourth-order valence-electron chi connectivity index (χ4n) is 3.82. The first kappa shape index (κ1) is 20.6. The maximum Gasteiger partial charge on any atom is 0.226 e. The second-order valence-electron chi connectivity index (χ2n) is 7.64. The predicted octanol–water partition coefficient (Wildman–Crippen LogP) is 3.98. The molecule has 2 N–H and O–H groups in total. The summed E-state index contributed by atoms with van der Waals surface area (Å²) in [6, 6.07) is 14.3. The van der Waals surface area contributed by atoms with E-state index in [1.807, 2.05) is 41.7 Å². The number of aromatic nitrogens is 1. The number of hydrogen-bond donors (Lipinski definition) is 2. The summed E-state index contributed by atoms with van der Waals surface area (Å²) in [6.45, 7) is 4.89. The van der Waals surface area contributed by atoms with Crippen LogP contribution in [-0.2, 0) is 13.1 Å². The Labute approximate surface area is 182 Å². The lowest BCUT2D eigenvalue weighted by molar-refractivity contribution is 0.169. The van der Waals surface area contributed by atoms with Crippen molar-refractivity contribution in [1.29, 1.82) is 0 Å². The van der Waals surface area contributed by atoms with E-state index in [-0.39, 0.29) is 0 Å². The van der Waals surface area contributed by atoms with Gasteiger partial charge in [-0.05, 0) is 48.9 Å². The van der Waals surface area contributed by atoms with Gasteiger partial charge in [0.2, 0.25) is 5.89 Å². The first-order chi connectivity index (χ1) is 14.8. The van der Waals surface area contributed by atoms with E-state index in [1.165, 1.54) is 24.3 Å². The van der Waals surface area contributed by atoms with E-state index in [9.17, 15) is 0 Å². The van der Waals surface area contributed by atoms with Crippen molar-refractivity contribution >= 4 is 17.3 Å². The zero-order chi connectivity index (χ0) is 20.6. The van der Waals surface area contributed by atoms with Crippen LogP contribution in [0.15, 0.2) is 63.5 Å². The Bertz CT molecular complexity index is 922. The van der Waals surface area contributed by atoms with Crippen LogP contribution in [0.25, 0.3) is 11.5 Å². The number of aliphatic imine (C=N–C) groups is 1. The molecule has 2 aromatic heterocycles. The van der Waals surface area contributed by atoms with E-state index >= 15 is 0 Å². The van der Waals surface area contributed by atoms with Gasteiger partial charge in [-0.15, -0.1) is 11.3 Å². The third-order valence-electron chi connectivity index (χ3n) is 5.35. The van der Waals surface area contributed by atoms with E-state index in [1.54, 1.807) is 13.3 Å². The maximum absolute atomic E-state index is 5.61. The third kappa shape index (κ3) is 5.70. The summed E-state index contributed by atoms with van der Waals surface area (Å²) in [5.41, 5.74) is 1.84. The Balaban J connectivity index is 1.23. The Kier molecular flexibility index (Phi) is 7.16. The molecular weight excluding hydrogens is 394 g/mol. The summed E-state index contributed by atoms with van der Waals surface area (Å²) in [5.74, 6) is 2.08. The number of guanidine groups is 1. The van der Waals surface area contributed by atoms with Gasteiger partial charge < -0.3 is 15.1 Å². The van der Waals surface area contributed by atoms with Crippen LogP contribution in [-0.4, -0.2) is 42.5 Å². The lowest BCUT2D eigenvalue weighted by Crippen LogP contribution is -2.44. The third-order valence-corrected chi connectivity index (χ3v) is 6.22. The molecule has 1 fully saturated rings. The molecule has 3 aromatic rings. The quantitative estimate of drug-likeness (QED) is 0.444. The number of thiophene rings is 1. The lowest BCUT2D eigenvalue weighted by atomic mass is 9.98. The smallest absolute Gasteiger partial charge is 0.226 e. The predicted molar refractivity (Wildman–Crippen MR) is 122 cm³/mol. The minimum Gasteiger partial charge on any atom is -0.444 e. The van der Waals surface area contributed by atoms with Crippen molar-refractivity contribution in [2.75, 3.05) is 26.7 Å². The highest BCUT2D eigenvalue weighted by Crippen LogP contribution is 2.20. The molecule has 6 nitrogen and oxygen atoms in total. The van der Waals surface area contributed by atoms with Gasteiger partial charge in [-0.2, -0.15) is 0 Å². The lowest BCUT2D eigenvalue weighted by Gasteiger charge is -2.32. The Hall–Kier alpha value is -2.64. The molecule has 0 radical (unpaired) electrons. The van der Waals surface area contributed by atoms with Gasteiger partial charge >= 0.3 is 0 Å². The maximum atomic E-state index is 5.61. The van der Waals surface area contributed by atoms with Gasteiger partial charge in [-0.1, -0.05) is 24.3 Å². The fourth-order valence-corrected chi connectivity index (χ4v) is 4.57. The number of piperidine rings is 1. The second-order valence-corrected chi connectivity index (χ2v) is 8.67. The molecular formula is C23H29N5OS. The number of oxazole rings is 1. The number of nitrogens with zero attached hydrogens (tertiary/aromatic N) is 3. The normalized spacial score (nSPS) is 17.8. The Morgan fingerprint density at radius 3 is 2.93 bits per heavy atom. The van der Waals surface area contributed by atoms with Crippen LogP contribution in [0.3, 0.4) is 0 Å². The molecule has 1 aliphatic rings. The highest BCUT2D eigenvalue weighted by Gasteiger charge is 2.20. The molecule has 1 atom stereocenters. The van der Waals surface area contributed by atoms with E-state index in [4.69, 9.17) is 4.42 Å². The van der Waals surface area contributed by atoms with Gasteiger partial charge in [0.1, 0.15) is 6.26 Å². The summed E-state index contributed by atoms with van der Waals surface area (Å²) in [4.78, 5) is 12.9. The molecule has 7 heteroatoms. The molecule has 3 heterocycles. The van der Waals surface area contributed by atoms with Gasteiger partial charge in [0.15, 0.2) is 5.96 Å². The highest BCUT2D eigenvalue weighted by atomic mass is 32.1. The van der Waals surface area contributed by atoms with Crippen LogP contribution in [0.5, 0.6) is 0 Å². The van der Waals surface area contributed by atoms with Crippen LogP contribution in [0.4, 0.5) is 0 Å². The van der Waals surface area contributed by atoms with Crippen molar-refractivity contribution in [1.82, 2.24) is 20.5 Å². The monoisotopic (exact) mass is 423 g/mol. The highest BCUT2D eigenvalue weighted by molar-refractivity contribution is 7.09. The van der Waals surface area contributed by atoms with Crippen molar-refractivity contribution in [2.24, 2.45) is 10.9 Å². The van der Waals surface area contributed by atoms with E-state index in [0.717, 1.165) is 36.9 Å². The molecule has 158 valence electrons. The zero-order valence-electron chi connectivity index (χ0n) is 17.4. The Morgan fingerprint density at radius 2 is 2.13 bits per heavy atom. The number of hydrogen-bond acceptors (Lipinski definition) is 5. The molecule has 0 bridgehead atoms. The van der Waals surface area contributed by atoms with Crippen LogP contribution in [0.1, 0.15) is 23.4 Å². The van der Waals surface area contributed by atoms with Gasteiger partial charge in [-0.3, -0.25) is 9.89 Å². The van der Waals surface area contributed by atoms with Crippen molar-refractivity contribution in [2.45, 2.75) is 25.9 Å². The van der Waals surface area contributed by atoms with Crippen LogP contribution < -0.4 is 10.6 Å². The molecule has 1 aromatic carbocycles. The fraction of sp³-hybridized carbons (Fsp3) is 0.391. The zero-order valence-corrected chi connectivity index (χ0v) is 18.2. The second kappa shape index (κ2) is 10.4. The molecule has 0 saturated carbocycles.